The fourth-order valence-electron chi connectivity index (χ4n) is 1.15. The van der Waals surface area contributed by atoms with Crippen LogP contribution in [0, 0.1) is 4.77 Å². The summed E-state index contributed by atoms with van der Waals surface area (Å²) < 4.78 is 1.81. The first-order chi connectivity index (χ1) is 6.68. The Morgan fingerprint density at radius 3 is 2.36 bits per heavy atom. The summed E-state index contributed by atoms with van der Waals surface area (Å²) in [6.07, 6.45) is 0. The van der Waals surface area contributed by atoms with Crippen molar-refractivity contribution >= 4 is 23.8 Å². The van der Waals surface area contributed by atoms with Gasteiger partial charge in [-0.25, -0.2) is 0 Å². The number of nitrogens with two attached hydrogens (primary N) is 1. The van der Waals surface area contributed by atoms with Crippen molar-refractivity contribution in [1.82, 2.24) is 10.2 Å². The van der Waals surface area contributed by atoms with E-state index in [1.165, 1.54) is 4.68 Å². The number of benzene rings is 1. The Kier molecular flexibility index (Phi) is 2.26. The number of nitrogens with one attached hydrogen (secondary N) is 2. The third kappa shape index (κ3) is 1.51. The molecule has 0 radical (unpaired) electrons. The number of aromatic nitrogens is 3. The van der Waals surface area contributed by atoms with E-state index in [1.54, 1.807) is 12.1 Å². The van der Waals surface area contributed by atoms with Gasteiger partial charge in [-0.2, -0.15) is 5.10 Å². The van der Waals surface area contributed by atoms with Gasteiger partial charge in [-0.3, -0.25) is 5.84 Å². The quantitative estimate of drug-likeness (QED) is 0.392. The molecule has 0 fully saturated rings. The highest BCUT2D eigenvalue weighted by molar-refractivity contribution is 7.71. The van der Waals surface area contributed by atoms with Gasteiger partial charge >= 0.3 is 4.77 Å². The Bertz CT molecular complexity index is 499. The van der Waals surface area contributed by atoms with Crippen molar-refractivity contribution in [2.24, 2.45) is 0 Å². The number of hydrogen-bond acceptors (Lipinski definition) is 2. The maximum atomic E-state index is 5.77. The lowest BCUT2D eigenvalue weighted by Crippen LogP contribution is -2.46. The Hall–Kier alpha value is -1.33. The van der Waals surface area contributed by atoms with Crippen molar-refractivity contribution in [3.8, 4) is 11.4 Å². The number of nitrogens with zero attached hydrogens (tertiary/aromatic N) is 1. The predicted molar refractivity (Wildman–Crippen MR) is 56.8 cm³/mol. The van der Waals surface area contributed by atoms with Gasteiger partial charge in [0.05, 0.1) is 5.56 Å². The van der Waals surface area contributed by atoms with Gasteiger partial charge in [-0.05, 0) is 24.3 Å². The van der Waals surface area contributed by atoms with Gasteiger partial charge in [-0.1, -0.05) is 11.6 Å². The highest BCUT2D eigenvalue weighted by Gasteiger charge is 2.11. The van der Waals surface area contributed by atoms with Gasteiger partial charge in [0.15, 0.2) is 0 Å². The van der Waals surface area contributed by atoms with Crippen molar-refractivity contribution in [3.05, 3.63) is 34.1 Å². The Balaban J connectivity index is 2.55. The molecule has 0 unspecified atom stereocenters. The molecule has 0 spiro atoms. The first kappa shape index (κ1) is 9.23. The summed E-state index contributed by atoms with van der Waals surface area (Å²) in [5, 5.41) is 6.31. The lowest BCUT2D eigenvalue weighted by atomic mass is 10.2. The van der Waals surface area contributed by atoms with E-state index in [1.807, 2.05) is 12.1 Å². The summed E-state index contributed by atoms with van der Waals surface area (Å²) in [5.74, 6) is 6.40. The zero-order chi connectivity index (χ0) is 10.1. The molecule has 2 aromatic rings. The van der Waals surface area contributed by atoms with Gasteiger partial charge in [-0.15, -0.1) is 9.77 Å². The molecule has 6 heteroatoms. The highest BCUT2D eigenvalue weighted by Crippen LogP contribution is 2.15. The topological polar surface area (TPSA) is 61.5 Å². The standard InChI is InChI=1S/C8H7ClN4S/c9-6-3-1-5(2-4-6)7-11-12-8(14)13(7)10/h1-4H,10H2,(H,12,14)/p+1. The van der Waals surface area contributed by atoms with E-state index in [2.05, 4.69) is 10.2 Å². The zero-order valence-electron chi connectivity index (χ0n) is 7.12. The maximum absolute atomic E-state index is 5.77. The Morgan fingerprint density at radius 2 is 1.86 bits per heavy atom. The Morgan fingerprint density at radius 1 is 1.21 bits per heavy atom. The van der Waals surface area contributed by atoms with Gasteiger partial charge in [0.25, 0.3) is 5.82 Å². The average molecular weight is 228 g/mol. The largest absolute Gasteiger partial charge is 0.345 e. The molecule has 0 bridgehead atoms. The first-order valence-corrected chi connectivity index (χ1v) is 4.71. The molecule has 1 aromatic carbocycles. The third-order valence-corrected chi connectivity index (χ3v) is 2.42. The molecule has 0 aliphatic carbocycles. The SMILES string of the molecule is N[n+]1c(-c2ccc(Cl)cc2)[nH][nH]c1=S. The van der Waals surface area contributed by atoms with Crippen molar-refractivity contribution in [2.75, 3.05) is 5.84 Å². The summed E-state index contributed by atoms with van der Waals surface area (Å²) in [6.45, 7) is 0. The lowest BCUT2D eigenvalue weighted by Gasteiger charge is -1.94. The van der Waals surface area contributed by atoms with Crippen LogP contribution in [0.4, 0.5) is 0 Å². The Labute approximate surface area is 90.3 Å². The average Bonchev–Trinajstić information content (AvgIpc) is 2.50. The van der Waals surface area contributed by atoms with E-state index in [9.17, 15) is 0 Å². The molecule has 1 aromatic heterocycles. The second kappa shape index (κ2) is 3.43. The molecule has 2 rings (SSSR count). The molecule has 4 nitrogen and oxygen atoms in total. The summed E-state index contributed by atoms with van der Waals surface area (Å²) >= 11 is 10.7. The monoisotopic (exact) mass is 227 g/mol. The van der Waals surface area contributed by atoms with Crippen molar-refractivity contribution < 1.29 is 4.68 Å². The molecular weight excluding hydrogens is 220 g/mol. The minimum Gasteiger partial charge on any atom is -0.288 e. The maximum Gasteiger partial charge on any atom is 0.345 e. The molecule has 72 valence electrons. The van der Waals surface area contributed by atoms with Crippen LogP contribution in [0.3, 0.4) is 0 Å². The summed E-state index contributed by atoms with van der Waals surface area (Å²) in [6, 6.07) is 7.31. The number of rotatable bonds is 1. The van der Waals surface area contributed by atoms with E-state index in [0.29, 0.717) is 15.6 Å². The van der Waals surface area contributed by atoms with Crippen LogP contribution in [0.5, 0.6) is 0 Å². The minimum atomic E-state index is 0.440. The highest BCUT2D eigenvalue weighted by atomic mass is 35.5. The molecular formula is C8H8ClN4S+. The fourth-order valence-corrected chi connectivity index (χ4v) is 1.42. The van der Waals surface area contributed by atoms with E-state index in [4.69, 9.17) is 29.7 Å². The van der Waals surface area contributed by atoms with E-state index < -0.39 is 0 Å². The molecule has 0 aliphatic rings. The van der Waals surface area contributed by atoms with Crippen LogP contribution in [0.15, 0.2) is 24.3 Å². The van der Waals surface area contributed by atoms with Gasteiger partial charge in [0.1, 0.15) is 0 Å². The number of nitrogen functional groups attached to an aromatic ring is 1. The number of halogens is 1. The molecule has 14 heavy (non-hydrogen) atoms. The molecule has 0 atom stereocenters. The second-order valence-corrected chi connectivity index (χ2v) is 3.60. The number of aromatic amines is 2. The third-order valence-electron chi connectivity index (χ3n) is 1.87. The molecule has 0 aliphatic heterocycles. The molecule has 0 amide bonds. The first-order valence-electron chi connectivity index (χ1n) is 3.92. The number of hydrogen-bond donors (Lipinski definition) is 3. The van der Waals surface area contributed by atoms with Crippen molar-refractivity contribution in [1.29, 1.82) is 0 Å². The van der Waals surface area contributed by atoms with E-state index >= 15 is 0 Å². The van der Waals surface area contributed by atoms with Crippen molar-refractivity contribution in [2.45, 2.75) is 0 Å². The van der Waals surface area contributed by atoms with Crippen LogP contribution < -0.4 is 10.5 Å². The van der Waals surface area contributed by atoms with Gasteiger partial charge < -0.3 is 0 Å². The van der Waals surface area contributed by atoms with E-state index in [0.717, 1.165) is 5.56 Å². The molecule has 1 heterocycles. The van der Waals surface area contributed by atoms with Crippen LogP contribution in [-0.2, 0) is 0 Å². The smallest absolute Gasteiger partial charge is 0.288 e. The van der Waals surface area contributed by atoms with Crippen LogP contribution in [0.2, 0.25) is 5.02 Å². The normalized spacial score (nSPS) is 10.4. The molecule has 4 N–H and O–H groups in total. The van der Waals surface area contributed by atoms with Crippen LogP contribution >= 0.6 is 23.8 Å². The second-order valence-electron chi connectivity index (χ2n) is 2.78. The summed E-state index contributed by atoms with van der Waals surface area (Å²) in [4.78, 5) is 0. The van der Waals surface area contributed by atoms with Gasteiger partial charge in [0.2, 0.25) is 0 Å². The lowest BCUT2D eigenvalue weighted by molar-refractivity contribution is -0.634. The fraction of sp³-hybridized carbons (Fsp3) is 0. The summed E-state index contributed by atoms with van der Waals surface area (Å²) in [7, 11) is 0. The van der Waals surface area contributed by atoms with Crippen molar-refractivity contribution in [3.63, 3.8) is 0 Å². The van der Waals surface area contributed by atoms with Crippen LogP contribution in [0.25, 0.3) is 11.4 Å². The molecule has 0 saturated carbocycles. The summed E-state index contributed by atoms with van der Waals surface area (Å²) in [5.41, 5.74) is 0.921. The van der Waals surface area contributed by atoms with Crippen LogP contribution in [0.1, 0.15) is 0 Å². The minimum absolute atomic E-state index is 0.440. The van der Waals surface area contributed by atoms with E-state index in [-0.39, 0.29) is 0 Å². The number of H-pyrrole nitrogens is 2. The van der Waals surface area contributed by atoms with Gasteiger partial charge in [0, 0.05) is 17.2 Å². The zero-order valence-corrected chi connectivity index (χ0v) is 8.69. The predicted octanol–water partition coefficient (Wildman–Crippen LogP) is 1.39. The molecule has 0 saturated heterocycles. The van der Waals surface area contributed by atoms with Crippen LogP contribution in [-0.4, -0.2) is 10.2 Å².